The monoisotopic (exact) mass is 269 g/mol. The molecule has 18 heavy (non-hydrogen) atoms. The number of ether oxygens (including phenoxy) is 1. The van der Waals surface area contributed by atoms with Gasteiger partial charge in [0.15, 0.2) is 11.5 Å². The van der Waals surface area contributed by atoms with Gasteiger partial charge in [0.25, 0.3) is 0 Å². The van der Waals surface area contributed by atoms with Crippen molar-refractivity contribution in [3.05, 3.63) is 22.7 Å². The molecule has 3 nitrogen and oxygen atoms in total. The summed E-state index contributed by atoms with van der Waals surface area (Å²) in [5.74, 6) is 1.38. The number of hydrogen-bond donors (Lipinski definition) is 1. The van der Waals surface area contributed by atoms with Crippen LogP contribution in [-0.2, 0) is 6.54 Å². The Morgan fingerprint density at radius 3 is 2.94 bits per heavy atom. The van der Waals surface area contributed by atoms with Crippen LogP contribution >= 0.6 is 11.6 Å². The number of methoxy groups -OCH3 is 1. The molecule has 0 spiro atoms. The average Bonchev–Trinajstić information content (AvgIpc) is 2.33. The molecule has 0 saturated carbocycles. The highest BCUT2D eigenvalue weighted by molar-refractivity contribution is 6.30. The van der Waals surface area contributed by atoms with Gasteiger partial charge in [-0.3, -0.25) is 4.90 Å². The van der Waals surface area contributed by atoms with E-state index in [1.807, 2.05) is 6.07 Å². The smallest absolute Gasteiger partial charge is 0.162 e. The predicted octanol–water partition coefficient (Wildman–Crippen LogP) is 3.29. The van der Waals surface area contributed by atoms with Gasteiger partial charge in [0.2, 0.25) is 0 Å². The van der Waals surface area contributed by atoms with Crippen molar-refractivity contribution in [3.8, 4) is 11.5 Å². The number of likely N-dealkylation sites (tertiary alicyclic amines) is 1. The van der Waals surface area contributed by atoms with E-state index in [1.165, 1.54) is 20.0 Å². The van der Waals surface area contributed by atoms with Crippen LogP contribution in [0, 0.1) is 5.92 Å². The molecule has 1 unspecified atom stereocenters. The summed E-state index contributed by atoms with van der Waals surface area (Å²) in [4.78, 5) is 2.36. The van der Waals surface area contributed by atoms with Gasteiger partial charge in [0.1, 0.15) is 0 Å². The number of phenols is 1. The van der Waals surface area contributed by atoms with Crippen LogP contribution in [0.5, 0.6) is 11.5 Å². The van der Waals surface area contributed by atoms with Gasteiger partial charge in [-0.25, -0.2) is 0 Å². The predicted molar refractivity (Wildman–Crippen MR) is 73.3 cm³/mol. The van der Waals surface area contributed by atoms with Crippen molar-refractivity contribution in [1.29, 1.82) is 0 Å². The number of rotatable bonds is 3. The lowest BCUT2D eigenvalue weighted by atomic mass is 9.99. The van der Waals surface area contributed by atoms with Gasteiger partial charge < -0.3 is 9.84 Å². The highest BCUT2D eigenvalue weighted by Crippen LogP contribution is 2.34. The number of halogens is 1. The van der Waals surface area contributed by atoms with E-state index in [-0.39, 0.29) is 5.75 Å². The minimum Gasteiger partial charge on any atom is -0.504 e. The van der Waals surface area contributed by atoms with Crippen molar-refractivity contribution in [1.82, 2.24) is 4.90 Å². The maximum Gasteiger partial charge on any atom is 0.162 e. The molecule has 1 fully saturated rings. The maximum atomic E-state index is 10.1. The Labute approximate surface area is 113 Å². The summed E-state index contributed by atoms with van der Waals surface area (Å²) >= 11 is 6.04. The van der Waals surface area contributed by atoms with Crippen molar-refractivity contribution < 1.29 is 9.84 Å². The molecule has 4 heteroatoms. The van der Waals surface area contributed by atoms with Gasteiger partial charge in [-0.05, 0) is 31.4 Å². The Hall–Kier alpha value is -0.930. The van der Waals surface area contributed by atoms with Crippen molar-refractivity contribution in [2.24, 2.45) is 5.92 Å². The van der Waals surface area contributed by atoms with Gasteiger partial charge in [-0.2, -0.15) is 0 Å². The van der Waals surface area contributed by atoms with Crippen LogP contribution in [0.3, 0.4) is 0 Å². The molecule has 1 saturated heterocycles. The summed E-state index contributed by atoms with van der Waals surface area (Å²) in [7, 11) is 1.54. The molecule has 0 radical (unpaired) electrons. The molecular weight excluding hydrogens is 250 g/mol. The quantitative estimate of drug-likeness (QED) is 0.914. The number of phenolic OH excluding ortho intramolecular Hbond substituents is 1. The molecule has 1 N–H and O–H groups in total. The fraction of sp³-hybridized carbons (Fsp3) is 0.571. The molecule has 1 aliphatic rings. The Balaban J connectivity index is 2.15. The van der Waals surface area contributed by atoms with Gasteiger partial charge in [0, 0.05) is 29.7 Å². The second kappa shape index (κ2) is 5.81. The minimum atomic E-state index is 0.208. The summed E-state index contributed by atoms with van der Waals surface area (Å²) < 4.78 is 5.12. The van der Waals surface area contributed by atoms with E-state index in [1.54, 1.807) is 6.07 Å². The standard InChI is InChI=1S/C14H20ClNO2/c1-10-4-3-5-16(8-10)9-11-6-12(15)7-13(18-2)14(11)17/h6-7,10,17H,3-5,8-9H2,1-2H3. The molecule has 2 rings (SSSR count). The van der Waals surface area contributed by atoms with E-state index < -0.39 is 0 Å². The molecule has 1 aromatic carbocycles. The van der Waals surface area contributed by atoms with E-state index in [0.29, 0.717) is 10.8 Å². The highest BCUT2D eigenvalue weighted by Gasteiger charge is 2.19. The third-order valence-electron chi connectivity index (χ3n) is 3.47. The molecule has 0 bridgehead atoms. The summed E-state index contributed by atoms with van der Waals surface area (Å²) in [6.07, 6.45) is 2.51. The Bertz CT molecular complexity index is 423. The molecule has 1 aromatic rings. The first-order valence-corrected chi connectivity index (χ1v) is 6.75. The maximum absolute atomic E-state index is 10.1. The average molecular weight is 270 g/mol. The van der Waals surface area contributed by atoms with Crippen molar-refractivity contribution in [2.45, 2.75) is 26.3 Å². The zero-order valence-corrected chi connectivity index (χ0v) is 11.7. The summed E-state index contributed by atoms with van der Waals surface area (Å²) in [5, 5.41) is 10.7. The van der Waals surface area contributed by atoms with E-state index in [4.69, 9.17) is 16.3 Å². The molecule has 0 aliphatic carbocycles. The van der Waals surface area contributed by atoms with Crippen LogP contribution in [0.15, 0.2) is 12.1 Å². The third kappa shape index (κ3) is 3.09. The number of nitrogens with zero attached hydrogens (tertiary/aromatic N) is 1. The lowest BCUT2D eigenvalue weighted by Crippen LogP contribution is -2.33. The molecule has 1 heterocycles. The van der Waals surface area contributed by atoms with Gasteiger partial charge >= 0.3 is 0 Å². The van der Waals surface area contributed by atoms with Crippen LogP contribution < -0.4 is 4.74 Å². The second-order valence-electron chi connectivity index (χ2n) is 5.10. The first-order chi connectivity index (χ1) is 8.60. The van der Waals surface area contributed by atoms with E-state index in [9.17, 15) is 5.11 Å². The lowest BCUT2D eigenvalue weighted by molar-refractivity contribution is 0.175. The molecule has 0 aromatic heterocycles. The van der Waals surface area contributed by atoms with E-state index in [2.05, 4.69) is 11.8 Å². The third-order valence-corrected chi connectivity index (χ3v) is 3.69. The van der Waals surface area contributed by atoms with E-state index in [0.717, 1.165) is 31.1 Å². The van der Waals surface area contributed by atoms with Crippen LogP contribution in [0.1, 0.15) is 25.3 Å². The number of benzene rings is 1. The molecule has 100 valence electrons. The summed E-state index contributed by atoms with van der Waals surface area (Å²) in [6.45, 7) is 5.16. The largest absolute Gasteiger partial charge is 0.504 e. The number of aromatic hydroxyl groups is 1. The zero-order valence-electron chi connectivity index (χ0n) is 10.9. The SMILES string of the molecule is COc1cc(Cl)cc(CN2CCCC(C)C2)c1O. The van der Waals surface area contributed by atoms with Crippen molar-refractivity contribution >= 4 is 11.6 Å². The Morgan fingerprint density at radius 1 is 1.50 bits per heavy atom. The normalized spacial score (nSPS) is 20.9. The summed E-state index contributed by atoms with van der Waals surface area (Å²) in [5.41, 5.74) is 0.841. The Kier molecular flexibility index (Phi) is 4.36. The van der Waals surface area contributed by atoms with Crippen LogP contribution in [0.4, 0.5) is 0 Å². The molecule has 1 atom stereocenters. The van der Waals surface area contributed by atoms with Crippen molar-refractivity contribution in [3.63, 3.8) is 0 Å². The van der Waals surface area contributed by atoms with Gasteiger partial charge in [0.05, 0.1) is 7.11 Å². The van der Waals surface area contributed by atoms with Crippen LogP contribution in [0.25, 0.3) is 0 Å². The summed E-state index contributed by atoms with van der Waals surface area (Å²) in [6, 6.07) is 3.46. The zero-order chi connectivity index (χ0) is 13.1. The number of piperidine rings is 1. The van der Waals surface area contributed by atoms with Gasteiger partial charge in [-0.15, -0.1) is 0 Å². The van der Waals surface area contributed by atoms with Crippen molar-refractivity contribution in [2.75, 3.05) is 20.2 Å². The van der Waals surface area contributed by atoms with Gasteiger partial charge in [-0.1, -0.05) is 18.5 Å². The molecular formula is C14H20ClNO2. The van der Waals surface area contributed by atoms with E-state index >= 15 is 0 Å². The Morgan fingerprint density at radius 2 is 2.28 bits per heavy atom. The second-order valence-corrected chi connectivity index (χ2v) is 5.53. The fourth-order valence-corrected chi connectivity index (χ4v) is 2.81. The van der Waals surface area contributed by atoms with Crippen LogP contribution in [0.2, 0.25) is 5.02 Å². The first kappa shape index (κ1) is 13.5. The first-order valence-electron chi connectivity index (χ1n) is 6.38. The highest BCUT2D eigenvalue weighted by atomic mass is 35.5. The molecule has 1 aliphatic heterocycles. The topological polar surface area (TPSA) is 32.7 Å². The molecule has 0 amide bonds. The lowest BCUT2D eigenvalue weighted by Gasteiger charge is -2.31. The van der Waals surface area contributed by atoms with Crippen LogP contribution in [-0.4, -0.2) is 30.2 Å². The minimum absolute atomic E-state index is 0.208. The fourth-order valence-electron chi connectivity index (χ4n) is 2.58. The number of hydrogen-bond acceptors (Lipinski definition) is 3.